The second-order valence-corrected chi connectivity index (χ2v) is 4.45. The van der Waals surface area contributed by atoms with E-state index in [0.29, 0.717) is 0 Å². The molecule has 100 valence electrons. The number of hydrogen-bond donors (Lipinski definition) is 1. The molecular formula is C14H19FeNO-6. The van der Waals surface area contributed by atoms with Crippen LogP contribution in [0.2, 0.25) is 0 Å². The maximum absolute atomic E-state index is 5.32. The Morgan fingerprint density at radius 2 is 1.35 bits per heavy atom. The Bertz CT molecular complexity index is 329. The molecule has 2 rings (SSSR count). The fraction of sp³-hybridized carbons (Fsp3) is 0.286. The van der Waals surface area contributed by atoms with Gasteiger partial charge in [-0.05, 0) is 20.8 Å². The molecule has 0 unspecified atom stereocenters. The molecule has 0 saturated heterocycles. The SMILES string of the molecule is CC(C)(C)ON[c-]1cccc1.[Fe].[cH-]1[cH-][cH-][cH-][cH-]1. The van der Waals surface area contributed by atoms with Crippen molar-refractivity contribution in [2.75, 3.05) is 5.48 Å². The largest absolute Gasteiger partial charge is 0.748 e. The van der Waals surface area contributed by atoms with Gasteiger partial charge in [-0.15, -0.1) is 0 Å². The normalized spacial score (nSPS) is 9.82. The van der Waals surface area contributed by atoms with Crippen LogP contribution in [0, 0.1) is 0 Å². The molecule has 0 amide bonds. The van der Waals surface area contributed by atoms with E-state index in [1.54, 1.807) is 0 Å². The molecule has 0 aliphatic heterocycles. The zero-order valence-corrected chi connectivity index (χ0v) is 11.6. The van der Waals surface area contributed by atoms with Gasteiger partial charge in [0.05, 0.1) is 5.60 Å². The van der Waals surface area contributed by atoms with Gasteiger partial charge in [-0.1, -0.05) is 5.69 Å². The first-order chi connectivity index (χ1) is 7.58. The third kappa shape index (κ3) is 8.75. The fourth-order valence-electron chi connectivity index (χ4n) is 0.975. The fourth-order valence-corrected chi connectivity index (χ4v) is 0.975. The standard InChI is InChI=1S/C9H14NO.C5H5.Fe/c1-9(2,3)11-10-8-6-4-5-7-8;1-2-4-5-3-1;/h4-7,10H,1-3H3;1-5H;/q-1;-5;. The van der Waals surface area contributed by atoms with Crippen LogP contribution in [0.3, 0.4) is 0 Å². The Hall–Kier alpha value is -1.02. The molecule has 0 radical (unpaired) electrons. The number of hydrogen-bond acceptors (Lipinski definition) is 2. The minimum Gasteiger partial charge on any atom is -0.748 e. The molecule has 2 nitrogen and oxygen atoms in total. The third-order valence-corrected chi connectivity index (χ3v) is 1.69. The van der Waals surface area contributed by atoms with Gasteiger partial charge in [0.25, 0.3) is 0 Å². The molecular weight excluding hydrogens is 254 g/mol. The van der Waals surface area contributed by atoms with E-state index < -0.39 is 0 Å². The molecule has 0 fully saturated rings. The molecule has 0 bridgehead atoms. The van der Waals surface area contributed by atoms with Crippen molar-refractivity contribution >= 4 is 5.69 Å². The van der Waals surface area contributed by atoms with Crippen LogP contribution >= 0.6 is 0 Å². The topological polar surface area (TPSA) is 21.3 Å². The molecule has 17 heavy (non-hydrogen) atoms. The summed E-state index contributed by atoms with van der Waals surface area (Å²) in [6.45, 7) is 6.01. The van der Waals surface area contributed by atoms with E-state index in [9.17, 15) is 0 Å². The Balaban J connectivity index is 0.000000360. The van der Waals surface area contributed by atoms with Crippen LogP contribution in [0.1, 0.15) is 20.8 Å². The van der Waals surface area contributed by atoms with Crippen molar-refractivity contribution in [3.05, 3.63) is 54.6 Å². The van der Waals surface area contributed by atoms with Gasteiger partial charge in [-0.3, -0.25) is 4.84 Å². The summed E-state index contributed by atoms with van der Waals surface area (Å²) in [4.78, 5) is 5.32. The summed E-state index contributed by atoms with van der Waals surface area (Å²) in [5.74, 6) is 0. The van der Waals surface area contributed by atoms with Gasteiger partial charge in [0.15, 0.2) is 0 Å². The van der Waals surface area contributed by atoms with Gasteiger partial charge in [0.1, 0.15) is 0 Å². The van der Waals surface area contributed by atoms with Gasteiger partial charge >= 0.3 is 0 Å². The van der Waals surface area contributed by atoms with Crippen LogP contribution in [0.5, 0.6) is 0 Å². The van der Waals surface area contributed by atoms with E-state index in [-0.39, 0.29) is 22.7 Å². The molecule has 0 aromatic heterocycles. The first-order valence-electron chi connectivity index (χ1n) is 5.40. The maximum atomic E-state index is 5.32. The second kappa shape index (κ2) is 8.13. The summed E-state index contributed by atoms with van der Waals surface area (Å²) in [6.07, 6.45) is 0. The zero-order valence-electron chi connectivity index (χ0n) is 10.5. The third-order valence-electron chi connectivity index (χ3n) is 1.69. The van der Waals surface area contributed by atoms with Crippen molar-refractivity contribution in [2.24, 2.45) is 0 Å². The Labute approximate surface area is 114 Å². The van der Waals surface area contributed by atoms with Crippen molar-refractivity contribution in [1.29, 1.82) is 0 Å². The van der Waals surface area contributed by atoms with Crippen LogP contribution in [-0.4, -0.2) is 5.60 Å². The Kier molecular flexibility index (Phi) is 7.64. The number of rotatable bonds is 2. The zero-order chi connectivity index (χ0) is 11.9. The minimum absolute atomic E-state index is 0. The summed E-state index contributed by atoms with van der Waals surface area (Å²) in [5, 5.41) is 0. The average molecular weight is 273 g/mol. The number of anilines is 1. The van der Waals surface area contributed by atoms with Gasteiger partial charge in [0.2, 0.25) is 0 Å². The van der Waals surface area contributed by atoms with Crippen molar-refractivity contribution < 1.29 is 21.9 Å². The van der Waals surface area contributed by atoms with Crippen LogP contribution in [-0.2, 0) is 21.9 Å². The molecule has 1 N–H and O–H groups in total. The van der Waals surface area contributed by atoms with Crippen LogP contribution in [0.15, 0.2) is 54.6 Å². The van der Waals surface area contributed by atoms with Crippen LogP contribution < -0.4 is 5.48 Å². The monoisotopic (exact) mass is 273 g/mol. The minimum atomic E-state index is -0.142. The van der Waals surface area contributed by atoms with Gasteiger partial charge in [-0.25, -0.2) is 12.1 Å². The van der Waals surface area contributed by atoms with Crippen molar-refractivity contribution in [3.63, 3.8) is 0 Å². The predicted molar refractivity (Wildman–Crippen MR) is 68.5 cm³/mol. The van der Waals surface area contributed by atoms with E-state index in [0.717, 1.165) is 5.69 Å². The van der Waals surface area contributed by atoms with Crippen molar-refractivity contribution in [3.8, 4) is 0 Å². The molecule has 3 heteroatoms. The maximum Gasteiger partial charge on any atom is 0.0863 e. The number of nitrogens with one attached hydrogen (secondary N) is 1. The van der Waals surface area contributed by atoms with Gasteiger partial charge in [0, 0.05) is 17.1 Å². The van der Waals surface area contributed by atoms with E-state index in [2.05, 4.69) is 5.48 Å². The first-order valence-corrected chi connectivity index (χ1v) is 5.40. The van der Waals surface area contributed by atoms with E-state index in [4.69, 9.17) is 4.84 Å². The molecule has 0 heterocycles. The van der Waals surface area contributed by atoms with E-state index in [1.807, 2.05) is 75.4 Å². The summed E-state index contributed by atoms with van der Waals surface area (Å²) in [7, 11) is 0. The molecule has 0 aliphatic carbocycles. The predicted octanol–water partition coefficient (Wildman–Crippen LogP) is 3.95. The van der Waals surface area contributed by atoms with Crippen molar-refractivity contribution in [2.45, 2.75) is 26.4 Å². The quantitative estimate of drug-likeness (QED) is 0.508. The van der Waals surface area contributed by atoms with Gasteiger partial charge in [-0.2, -0.15) is 12.1 Å². The van der Waals surface area contributed by atoms with Crippen LogP contribution in [0.25, 0.3) is 0 Å². The Morgan fingerprint density at radius 3 is 1.71 bits per heavy atom. The summed E-state index contributed by atoms with van der Waals surface area (Å²) in [5.41, 5.74) is 3.72. The van der Waals surface area contributed by atoms with Crippen LogP contribution in [0.4, 0.5) is 5.69 Å². The first kappa shape index (κ1) is 16.0. The molecule has 0 aliphatic rings. The summed E-state index contributed by atoms with van der Waals surface area (Å²) in [6, 6.07) is 17.9. The smallest absolute Gasteiger partial charge is 0.0863 e. The second-order valence-electron chi connectivity index (χ2n) is 4.45. The molecule has 0 atom stereocenters. The summed E-state index contributed by atoms with van der Waals surface area (Å²) >= 11 is 0. The summed E-state index contributed by atoms with van der Waals surface area (Å²) < 4.78 is 0. The van der Waals surface area contributed by atoms with Crippen molar-refractivity contribution in [1.82, 2.24) is 0 Å². The molecule has 0 spiro atoms. The average Bonchev–Trinajstić information content (AvgIpc) is 2.90. The molecule has 2 aromatic rings. The van der Waals surface area contributed by atoms with E-state index >= 15 is 0 Å². The Morgan fingerprint density at radius 1 is 0.941 bits per heavy atom. The molecule has 2 aromatic carbocycles. The molecule has 0 saturated carbocycles. The van der Waals surface area contributed by atoms with E-state index in [1.165, 1.54) is 0 Å². The van der Waals surface area contributed by atoms with Gasteiger partial charge < -0.3 is 35.8 Å².